The molecule has 1 fully saturated rings. The van der Waals surface area contributed by atoms with Crippen LogP contribution in [0.15, 0.2) is 53.7 Å². The molecule has 3 heterocycles. The van der Waals surface area contributed by atoms with Gasteiger partial charge < -0.3 is 14.0 Å². The summed E-state index contributed by atoms with van der Waals surface area (Å²) in [6.07, 6.45) is 7.44. The Balaban J connectivity index is 1.52. The first kappa shape index (κ1) is 20.7. The molecule has 0 aliphatic carbocycles. The smallest absolute Gasteiger partial charge is 0.250 e. The van der Waals surface area contributed by atoms with Crippen LogP contribution in [0.5, 0.6) is 5.75 Å². The predicted octanol–water partition coefficient (Wildman–Crippen LogP) is 4.57. The maximum Gasteiger partial charge on any atom is 0.250 e. The topological polar surface area (TPSA) is 58.3 Å². The zero-order chi connectivity index (χ0) is 21.1. The maximum absolute atomic E-state index is 12.0. The van der Waals surface area contributed by atoms with Crippen LogP contribution in [-0.2, 0) is 11.3 Å². The van der Waals surface area contributed by atoms with Crippen LogP contribution in [0.4, 0.5) is 0 Å². The average Bonchev–Trinajstić information content (AvgIpc) is 3.19. The number of hydrogen-bond donors (Lipinski definition) is 0. The van der Waals surface area contributed by atoms with Gasteiger partial charge in [-0.15, -0.1) is 0 Å². The van der Waals surface area contributed by atoms with Gasteiger partial charge in [0.2, 0.25) is 0 Å². The maximum atomic E-state index is 12.0. The van der Waals surface area contributed by atoms with Crippen LogP contribution in [0.2, 0.25) is 5.02 Å². The van der Waals surface area contributed by atoms with Gasteiger partial charge in [-0.1, -0.05) is 25.4 Å². The number of halogens is 1. The minimum Gasteiger partial charge on any atom is -0.493 e. The fourth-order valence-electron chi connectivity index (χ4n) is 3.51. The molecule has 1 aliphatic rings. The normalized spacial score (nSPS) is 15.0. The molecule has 0 unspecified atom stereocenters. The molecule has 1 saturated heterocycles. The molecule has 6 nitrogen and oxygen atoms in total. The lowest BCUT2D eigenvalue weighted by Crippen LogP contribution is -2.46. The molecule has 0 spiro atoms. The highest BCUT2D eigenvalue weighted by molar-refractivity contribution is 6.33. The second-order valence-corrected chi connectivity index (χ2v) is 8.28. The Morgan fingerprint density at radius 3 is 2.70 bits per heavy atom. The Morgan fingerprint density at radius 1 is 1.20 bits per heavy atom. The van der Waals surface area contributed by atoms with Crippen LogP contribution in [0.3, 0.4) is 0 Å². The molecule has 4 rings (SSSR count). The van der Waals surface area contributed by atoms with Crippen LogP contribution in [-0.4, -0.2) is 34.2 Å². The summed E-state index contributed by atoms with van der Waals surface area (Å²) in [6.45, 7) is 7.01. The van der Waals surface area contributed by atoms with Crippen molar-refractivity contribution in [2.24, 2.45) is 5.41 Å². The summed E-state index contributed by atoms with van der Waals surface area (Å²) in [5, 5.41) is 5.06. The first-order valence-corrected chi connectivity index (χ1v) is 10.7. The number of aryl methyl sites for hydroxylation is 1. The molecule has 2 aromatic heterocycles. The van der Waals surface area contributed by atoms with Crippen molar-refractivity contribution in [1.29, 1.82) is 0 Å². The van der Waals surface area contributed by atoms with Crippen molar-refractivity contribution >= 4 is 11.6 Å². The van der Waals surface area contributed by atoms with E-state index in [1.54, 1.807) is 27.6 Å². The molecule has 3 aromatic rings. The van der Waals surface area contributed by atoms with Crippen LogP contribution in [0.25, 0.3) is 16.8 Å². The molecule has 0 N–H and O–H groups in total. The zero-order valence-electron chi connectivity index (χ0n) is 17.3. The summed E-state index contributed by atoms with van der Waals surface area (Å²) < 4.78 is 14.8. The SMILES string of the molecule is CCCn1cc(-n2cc(-c3ccc(OCC4(CC)COC4)cc3Cl)cn2)ccc1=O. The van der Waals surface area contributed by atoms with Crippen molar-refractivity contribution in [1.82, 2.24) is 14.3 Å². The summed E-state index contributed by atoms with van der Waals surface area (Å²) in [6, 6.07) is 9.08. The summed E-state index contributed by atoms with van der Waals surface area (Å²) in [4.78, 5) is 12.0. The number of benzene rings is 1. The van der Waals surface area contributed by atoms with Gasteiger partial charge in [-0.3, -0.25) is 4.79 Å². The van der Waals surface area contributed by atoms with Crippen molar-refractivity contribution in [2.75, 3.05) is 19.8 Å². The second kappa shape index (κ2) is 8.66. The molecule has 1 aliphatic heterocycles. The Hall–Kier alpha value is -2.57. The van der Waals surface area contributed by atoms with Crippen LogP contribution >= 0.6 is 11.6 Å². The van der Waals surface area contributed by atoms with Gasteiger partial charge in [0.05, 0.1) is 42.1 Å². The summed E-state index contributed by atoms with van der Waals surface area (Å²) >= 11 is 6.55. The summed E-state index contributed by atoms with van der Waals surface area (Å²) in [5.74, 6) is 0.752. The van der Waals surface area contributed by atoms with E-state index in [0.717, 1.165) is 48.6 Å². The largest absolute Gasteiger partial charge is 0.493 e. The minimum absolute atomic E-state index is 0.00933. The average molecular weight is 428 g/mol. The van der Waals surface area contributed by atoms with E-state index in [1.807, 2.05) is 37.5 Å². The van der Waals surface area contributed by atoms with E-state index in [9.17, 15) is 4.79 Å². The number of pyridine rings is 1. The van der Waals surface area contributed by atoms with E-state index in [4.69, 9.17) is 21.1 Å². The molecule has 0 bridgehead atoms. The van der Waals surface area contributed by atoms with E-state index in [1.165, 1.54) is 0 Å². The van der Waals surface area contributed by atoms with E-state index < -0.39 is 0 Å². The van der Waals surface area contributed by atoms with Gasteiger partial charge in [-0.2, -0.15) is 5.10 Å². The Morgan fingerprint density at radius 2 is 2.03 bits per heavy atom. The zero-order valence-corrected chi connectivity index (χ0v) is 18.1. The highest BCUT2D eigenvalue weighted by Crippen LogP contribution is 2.34. The van der Waals surface area contributed by atoms with Gasteiger partial charge in [-0.05, 0) is 37.1 Å². The monoisotopic (exact) mass is 427 g/mol. The number of nitrogens with zero attached hydrogens (tertiary/aromatic N) is 3. The number of aromatic nitrogens is 3. The van der Waals surface area contributed by atoms with Crippen molar-refractivity contribution < 1.29 is 9.47 Å². The van der Waals surface area contributed by atoms with E-state index in [0.29, 0.717) is 18.2 Å². The lowest BCUT2D eigenvalue weighted by molar-refractivity contribution is -0.133. The third-order valence-electron chi connectivity index (χ3n) is 5.64. The molecule has 0 atom stereocenters. The van der Waals surface area contributed by atoms with E-state index >= 15 is 0 Å². The van der Waals surface area contributed by atoms with Crippen molar-refractivity contribution in [3.63, 3.8) is 0 Å². The summed E-state index contributed by atoms with van der Waals surface area (Å²) in [5.41, 5.74) is 2.73. The first-order chi connectivity index (χ1) is 14.5. The molecule has 0 saturated carbocycles. The molecule has 7 heteroatoms. The van der Waals surface area contributed by atoms with Gasteiger partial charge in [-0.25, -0.2) is 4.68 Å². The molecule has 158 valence electrons. The second-order valence-electron chi connectivity index (χ2n) is 7.87. The minimum atomic E-state index is -0.00933. The molecular formula is C23H26ClN3O3. The number of ether oxygens (including phenoxy) is 2. The highest BCUT2D eigenvalue weighted by Gasteiger charge is 2.37. The fourth-order valence-corrected chi connectivity index (χ4v) is 3.79. The molecule has 1 aromatic carbocycles. The number of rotatable bonds is 8. The predicted molar refractivity (Wildman–Crippen MR) is 118 cm³/mol. The van der Waals surface area contributed by atoms with Crippen molar-refractivity contribution in [3.05, 3.63) is 64.3 Å². The van der Waals surface area contributed by atoms with Gasteiger partial charge >= 0.3 is 0 Å². The van der Waals surface area contributed by atoms with Crippen LogP contribution in [0.1, 0.15) is 26.7 Å². The van der Waals surface area contributed by atoms with E-state index in [2.05, 4.69) is 12.0 Å². The van der Waals surface area contributed by atoms with Crippen LogP contribution < -0.4 is 10.3 Å². The Bertz CT molecular complexity index is 1080. The standard InChI is InChI=1S/C23H26ClN3O3/c1-3-9-26-13-18(5-8-22(26)28)27-12-17(11-25-27)20-7-6-19(10-21(20)24)30-16-23(4-2)14-29-15-23/h5-8,10-13H,3-4,9,14-16H2,1-2H3. The Kier molecular flexibility index (Phi) is 5.97. The third kappa shape index (κ3) is 4.16. The lowest BCUT2D eigenvalue weighted by atomic mass is 9.84. The highest BCUT2D eigenvalue weighted by atomic mass is 35.5. The first-order valence-electron chi connectivity index (χ1n) is 10.3. The molecular weight excluding hydrogens is 402 g/mol. The van der Waals surface area contributed by atoms with Gasteiger partial charge in [0.1, 0.15) is 5.75 Å². The summed E-state index contributed by atoms with van der Waals surface area (Å²) in [7, 11) is 0. The fraction of sp³-hybridized carbons (Fsp3) is 0.391. The van der Waals surface area contributed by atoms with Gasteiger partial charge in [0.15, 0.2) is 0 Å². The Labute approximate surface area is 181 Å². The van der Waals surface area contributed by atoms with E-state index in [-0.39, 0.29) is 11.0 Å². The molecule has 0 amide bonds. The van der Waals surface area contributed by atoms with Crippen LogP contribution in [0, 0.1) is 5.41 Å². The molecule has 30 heavy (non-hydrogen) atoms. The van der Waals surface area contributed by atoms with Crippen molar-refractivity contribution in [2.45, 2.75) is 33.2 Å². The van der Waals surface area contributed by atoms with Gasteiger partial charge in [0, 0.05) is 36.1 Å². The quantitative estimate of drug-likeness (QED) is 0.528. The third-order valence-corrected chi connectivity index (χ3v) is 5.96. The number of hydrogen-bond acceptors (Lipinski definition) is 4. The van der Waals surface area contributed by atoms with Gasteiger partial charge in [0.25, 0.3) is 5.56 Å². The molecule has 0 radical (unpaired) electrons. The van der Waals surface area contributed by atoms with Crippen molar-refractivity contribution in [3.8, 4) is 22.6 Å². The lowest BCUT2D eigenvalue weighted by Gasteiger charge is -2.40.